The highest BCUT2D eigenvalue weighted by Crippen LogP contribution is 3.02. The second-order valence-electron chi connectivity index (χ2n) is 4.17. The maximum absolute atomic E-state index is 13.7. The summed E-state index contributed by atoms with van der Waals surface area (Å²) in [5.41, 5.74) is 2.66. The Hall–Kier alpha value is -0.890. The number of benzene rings is 1. The summed E-state index contributed by atoms with van der Waals surface area (Å²) in [6.45, 7) is 0. The fraction of sp³-hybridized carbons (Fsp3) is 0.333. The first kappa shape index (κ1) is 12.6. The normalized spacial score (nSPS) is 32.8. The van der Waals surface area contributed by atoms with Crippen LogP contribution in [0, 0.1) is 0 Å². The van der Waals surface area contributed by atoms with Crippen LogP contribution in [0.3, 0.4) is 0 Å². The van der Waals surface area contributed by atoms with Crippen LogP contribution in [0.5, 0.6) is 0 Å². The predicted molar refractivity (Wildman–Crippen MR) is 53.2 cm³/mol. The fourth-order valence-corrected chi connectivity index (χ4v) is 2.27. The minimum Gasteiger partial charge on any atom is -0.325 e. The van der Waals surface area contributed by atoms with Gasteiger partial charge in [-0.25, -0.2) is 4.39 Å². The lowest BCUT2D eigenvalue weighted by molar-refractivity contribution is 0.305. The van der Waals surface area contributed by atoms with Gasteiger partial charge in [0.2, 0.25) is 0 Å². The summed E-state index contributed by atoms with van der Waals surface area (Å²) in [6.07, 6.45) is -0.156. The Morgan fingerprint density at radius 2 is 1.71 bits per heavy atom. The maximum Gasteiger partial charge on any atom is 0.310 e. The highest BCUT2D eigenvalue weighted by atomic mass is 32.5. The molecule has 0 aromatic heterocycles. The Kier molecular flexibility index (Phi) is 1.91. The molecular formula is C9H9F6NS. The highest BCUT2D eigenvalue weighted by Gasteiger charge is 2.66. The summed E-state index contributed by atoms with van der Waals surface area (Å²) in [6, 6.07) is 1.24. The van der Waals surface area contributed by atoms with Gasteiger partial charge in [-0.05, 0) is 17.7 Å². The standard InChI is InChI=1S/C9H9F6NS/c10-9(5-8(9)16)6-2-1-3-7(4-6)17(11,12,13,14)15/h1-4,8H,5,16H2/t8-,9-/m0/s1. The molecule has 1 aromatic rings. The largest absolute Gasteiger partial charge is 0.325 e. The first-order valence-corrected chi connectivity index (χ1v) is 6.57. The zero-order chi connectivity index (χ0) is 13.2. The fourth-order valence-electron chi connectivity index (χ4n) is 1.59. The molecule has 1 aliphatic rings. The Labute approximate surface area is 93.3 Å². The third-order valence-corrected chi connectivity index (χ3v) is 3.85. The molecular weight excluding hydrogens is 268 g/mol. The maximum atomic E-state index is 13.7. The first-order valence-electron chi connectivity index (χ1n) is 4.62. The summed E-state index contributed by atoms with van der Waals surface area (Å²) >= 11 is 0. The molecule has 1 fully saturated rings. The van der Waals surface area contributed by atoms with E-state index in [2.05, 4.69) is 0 Å². The van der Waals surface area contributed by atoms with Gasteiger partial charge in [-0.15, -0.1) is 0 Å². The molecule has 2 atom stereocenters. The molecule has 1 aromatic carbocycles. The molecule has 0 aliphatic heterocycles. The van der Waals surface area contributed by atoms with Gasteiger partial charge in [0.15, 0.2) is 5.67 Å². The molecule has 1 saturated carbocycles. The van der Waals surface area contributed by atoms with E-state index in [9.17, 15) is 23.8 Å². The van der Waals surface area contributed by atoms with Crippen molar-refractivity contribution in [1.29, 1.82) is 0 Å². The second kappa shape index (κ2) is 2.59. The summed E-state index contributed by atoms with van der Waals surface area (Å²) in [7, 11) is -9.75. The molecule has 0 heterocycles. The van der Waals surface area contributed by atoms with Crippen molar-refractivity contribution in [2.24, 2.45) is 5.73 Å². The predicted octanol–water partition coefficient (Wildman–Crippen LogP) is 4.24. The van der Waals surface area contributed by atoms with Crippen molar-refractivity contribution in [2.45, 2.75) is 23.0 Å². The van der Waals surface area contributed by atoms with Crippen LogP contribution in [0.1, 0.15) is 12.0 Å². The molecule has 2 N–H and O–H groups in total. The minimum atomic E-state index is -9.75. The molecule has 0 spiro atoms. The van der Waals surface area contributed by atoms with Crippen molar-refractivity contribution in [1.82, 2.24) is 0 Å². The zero-order valence-electron chi connectivity index (χ0n) is 8.35. The van der Waals surface area contributed by atoms with E-state index in [4.69, 9.17) is 5.73 Å². The number of halogens is 6. The van der Waals surface area contributed by atoms with Crippen molar-refractivity contribution in [3.05, 3.63) is 29.8 Å². The van der Waals surface area contributed by atoms with E-state index in [1.807, 2.05) is 0 Å². The Balaban J connectivity index is 2.52. The van der Waals surface area contributed by atoms with Crippen LogP contribution >= 0.6 is 10.2 Å². The van der Waals surface area contributed by atoms with Gasteiger partial charge < -0.3 is 5.73 Å². The van der Waals surface area contributed by atoms with E-state index >= 15 is 0 Å². The van der Waals surface area contributed by atoms with Gasteiger partial charge in [0.05, 0.1) is 0 Å². The van der Waals surface area contributed by atoms with Gasteiger partial charge in [0, 0.05) is 12.5 Å². The number of alkyl halides is 1. The number of hydrogen-bond donors (Lipinski definition) is 1. The van der Waals surface area contributed by atoms with E-state index in [1.165, 1.54) is 0 Å². The first-order chi connectivity index (χ1) is 7.33. The molecule has 0 unspecified atom stereocenters. The molecule has 1 nitrogen and oxygen atoms in total. The lowest BCUT2D eigenvalue weighted by Crippen LogP contribution is -2.14. The molecule has 0 bridgehead atoms. The van der Waals surface area contributed by atoms with Crippen LogP contribution in [0.4, 0.5) is 23.8 Å². The molecule has 0 amide bonds. The lowest BCUT2D eigenvalue weighted by atomic mass is 10.1. The van der Waals surface area contributed by atoms with Gasteiger partial charge in [-0.1, -0.05) is 31.6 Å². The summed E-state index contributed by atoms with van der Waals surface area (Å²) in [5.74, 6) is 0. The van der Waals surface area contributed by atoms with Crippen LogP contribution in [-0.2, 0) is 5.67 Å². The Morgan fingerprint density at radius 1 is 1.18 bits per heavy atom. The van der Waals surface area contributed by atoms with Crippen molar-refractivity contribution in [3.8, 4) is 0 Å². The monoisotopic (exact) mass is 277 g/mol. The SMILES string of the molecule is N[C@H]1C[C@]1(F)c1cccc(S(F)(F)(F)(F)F)c1. The average Bonchev–Trinajstić information content (AvgIpc) is 2.73. The van der Waals surface area contributed by atoms with E-state index in [0.29, 0.717) is 0 Å². The number of hydrogen-bond acceptors (Lipinski definition) is 1. The third-order valence-electron chi connectivity index (χ3n) is 2.70. The topological polar surface area (TPSA) is 26.0 Å². The average molecular weight is 277 g/mol. The van der Waals surface area contributed by atoms with Gasteiger partial charge >= 0.3 is 10.2 Å². The van der Waals surface area contributed by atoms with Crippen LogP contribution in [0.15, 0.2) is 29.2 Å². The van der Waals surface area contributed by atoms with Gasteiger partial charge in [0.1, 0.15) is 4.90 Å². The van der Waals surface area contributed by atoms with Gasteiger partial charge in [-0.2, -0.15) is 0 Å². The van der Waals surface area contributed by atoms with E-state index in [0.717, 1.165) is 12.1 Å². The summed E-state index contributed by atoms with van der Waals surface area (Å²) in [4.78, 5) is -2.08. The lowest BCUT2D eigenvalue weighted by Gasteiger charge is -2.40. The van der Waals surface area contributed by atoms with E-state index < -0.39 is 32.4 Å². The van der Waals surface area contributed by atoms with Crippen LogP contribution in [0.2, 0.25) is 0 Å². The van der Waals surface area contributed by atoms with Gasteiger partial charge in [-0.3, -0.25) is 0 Å². The number of nitrogens with two attached hydrogens (primary N) is 1. The molecule has 8 heteroatoms. The van der Waals surface area contributed by atoms with E-state index in [1.54, 1.807) is 0 Å². The van der Waals surface area contributed by atoms with Crippen LogP contribution < -0.4 is 5.73 Å². The highest BCUT2D eigenvalue weighted by molar-refractivity contribution is 8.45. The quantitative estimate of drug-likeness (QED) is 0.804. The molecule has 2 rings (SSSR count). The van der Waals surface area contributed by atoms with Crippen LogP contribution in [0.25, 0.3) is 0 Å². The second-order valence-corrected chi connectivity index (χ2v) is 6.58. The van der Waals surface area contributed by atoms with Crippen molar-refractivity contribution in [3.63, 3.8) is 0 Å². The van der Waals surface area contributed by atoms with Crippen molar-refractivity contribution in [2.75, 3.05) is 0 Å². The van der Waals surface area contributed by atoms with Crippen LogP contribution in [-0.4, -0.2) is 6.04 Å². The molecule has 17 heavy (non-hydrogen) atoms. The van der Waals surface area contributed by atoms with E-state index in [-0.39, 0.29) is 18.6 Å². The third kappa shape index (κ3) is 2.23. The minimum absolute atomic E-state index is 0.147. The Bertz CT molecular complexity index is 483. The van der Waals surface area contributed by atoms with Crippen molar-refractivity contribution >= 4 is 10.2 Å². The van der Waals surface area contributed by atoms with Crippen molar-refractivity contribution < 1.29 is 23.8 Å². The summed E-state index contributed by atoms with van der Waals surface area (Å²) < 4.78 is 76.1. The molecule has 0 radical (unpaired) electrons. The smallest absolute Gasteiger partial charge is 0.310 e. The molecule has 0 saturated heterocycles. The molecule has 1 aliphatic carbocycles. The summed E-state index contributed by atoms with van der Waals surface area (Å²) in [5, 5.41) is 0. The number of rotatable bonds is 2. The van der Waals surface area contributed by atoms with Gasteiger partial charge in [0.25, 0.3) is 0 Å². The zero-order valence-corrected chi connectivity index (χ0v) is 9.16. The Morgan fingerprint density at radius 3 is 2.12 bits per heavy atom. The molecule has 98 valence electrons.